The zero-order valence-electron chi connectivity index (χ0n) is 6.33. The van der Waals surface area contributed by atoms with Crippen LogP contribution in [0.25, 0.3) is 11.1 Å². The lowest BCUT2D eigenvalue weighted by Crippen LogP contribution is -2.25. The van der Waals surface area contributed by atoms with E-state index in [0.29, 0.717) is 5.52 Å². The van der Waals surface area contributed by atoms with Crippen molar-refractivity contribution < 1.29 is 8.81 Å². The third kappa shape index (κ3) is 1.24. The molecule has 0 saturated carbocycles. The van der Waals surface area contributed by atoms with Gasteiger partial charge in [-0.25, -0.2) is 9.18 Å². The molecule has 1 aromatic carbocycles. The fraction of sp³-hybridized carbons (Fsp3) is 0. The number of aromatic nitrogens is 1. The Morgan fingerprint density at radius 2 is 2.08 bits per heavy atom. The molecule has 1 N–H and O–H groups in total. The highest BCUT2D eigenvalue weighted by molar-refractivity contribution is 5.71. The van der Waals surface area contributed by atoms with Crippen molar-refractivity contribution in [3.05, 3.63) is 44.8 Å². The molecule has 0 unspecified atom stereocenters. The number of benzene rings is 1. The molecule has 66 valence electrons. The predicted molar refractivity (Wildman–Crippen MR) is 43.1 cm³/mol. The first-order chi connectivity index (χ1) is 6.16. The fourth-order valence-electron chi connectivity index (χ4n) is 1.00. The van der Waals surface area contributed by atoms with E-state index in [4.69, 9.17) is 0 Å². The summed E-state index contributed by atoms with van der Waals surface area (Å²) in [6.07, 6.45) is 0. The van der Waals surface area contributed by atoms with Gasteiger partial charge in [-0.05, 0) is 12.1 Å². The normalized spacial score (nSPS) is 10.5. The van der Waals surface area contributed by atoms with E-state index >= 15 is 0 Å². The Morgan fingerprint density at radius 1 is 1.31 bits per heavy atom. The highest BCUT2D eigenvalue weighted by Crippen LogP contribution is 2.08. The van der Waals surface area contributed by atoms with E-state index in [1.165, 1.54) is 6.07 Å². The van der Waals surface area contributed by atoms with Crippen LogP contribution < -0.4 is 11.2 Å². The van der Waals surface area contributed by atoms with Crippen LogP contribution in [0.3, 0.4) is 0 Å². The quantitative estimate of drug-likeness (QED) is 0.606. The van der Waals surface area contributed by atoms with Gasteiger partial charge in [0.05, 0.1) is 5.52 Å². The maximum absolute atomic E-state index is 12.6. The largest absolute Gasteiger partial charge is 0.417 e. The van der Waals surface area contributed by atoms with E-state index < -0.39 is 17.0 Å². The standard InChI is InChI=1S/C8H4FNO3/c9-4-1-2-5-6(3-4)13-8(12)7(11)10-5/h1-3H,(H,10,11). The van der Waals surface area contributed by atoms with Crippen LogP contribution in [0.2, 0.25) is 0 Å². The molecule has 0 saturated heterocycles. The Labute approximate surface area is 70.6 Å². The molecule has 0 spiro atoms. The van der Waals surface area contributed by atoms with Gasteiger partial charge >= 0.3 is 11.2 Å². The second-order valence-corrected chi connectivity index (χ2v) is 2.48. The topological polar surface area (TPSA) is 63.1 Å². The molecule has 4 nitrogen and oxygen atoms in total. The number of hydrogen-bond acceptors (Lipinski definition) is 3. The number of nitrogens with one attached hydrogen (secondary N) is 1. The average molecular weight is 181 g/mol. The summed E-state index contributed by atoms with van der Waals surface area (Å²) in [6, 6.07) is 3.53. The molecule has 0 bridgehead atoms. The van der Waals surface area contributed by atoms with Gasteiger partial charge in [0.1, 0.15) is 5.82 Å². The minimum atomic E-state index is -1.03. The molecule has 2 rings (SSSR count). The molecule has 0 atom stereocenters. The van der Waals surface area contributed by atoms with E-state index in [1.807, 2.05) is 0 Å². The van der Waals surface area contributed by atoms with E-state index in [9.17, 15) is 14.0 Å². The average Bonchev–Trinajstić information content (AvgIpc) is 2.08. The van der Waals surface area contributed by atoms with Crippen molar-refractivity contribution in [1.82, 2.24) is 4.98 Å². The number of rotatable bonds is 0. The summed E-state index contributed by atoms with van der Waals surface area (Å²) in [6.45, 7) is 0. The molecule has 13 heavy (non-hydrogen) atoms. The highest BCUT2D eigenvalue weighted by Gasteiger charge is 2.01. The van der Waals surface area contributed by atoms with Crippen LogP contribution >= 0.6 is 0 Å². The third-order valence-electron chi connectivity index (χ3n) is 1.58. The Bertz CT molecular complexity index is 569. The molecular formula is C8H4FNO3. The zero-order chi connectivity index (χ0) is 9.42. The second-order valence-electron chi connectivity index (χ2n) is 2.48. The summed E-state index contributed by atoms with van der Waals surface area (Å²) < 4.78 is 17.1. The molecule has 5 heteroatoms. The summed E-state index contributed by atoms with van der Waals surface area (Å²) >= 11 is 0. The summed E-state index contributed by atoms with van der Waals surface area (Å²) in [5, 5.41) is 0. The summed E-state index contributed by atoms with van der Waals surface area (Å²) in [4.78, 5) is 23.7. The van der Waals surface area contributed by atoms with Crippen molar-refractivity contribution in [1.29, 1.82) is 0 Å². The highest BCUT2D eigenvalue weighted by atomic mass is 19.1. The lowest BCUT2D eigenvalue weighted by Gasteiger charge is -1.93. The Hall–Kier alpha value is -1.91. The number of hydrogen-bond donors (Lipinski definition) is 1. The molecule has 0 fully saturated rings. The zero-order valence-corrected chi connectivity index (χ0v) is 6.33. The van der Waals surface area contributed by atoms with Gasteiger partial charge in [-0.3, -0.25) is 4.79 Å². The van der Waals surface area contributed by atoms with E-state index in [0.717, 1.165) is 12.1 Å². The summed E-state index contributed by atoms with van der Waals surface area (Å²) in [5.74, 6) is -0.525. The smallest absolute Gasteiger partial charge is 0.402 e. The maximum atomic E-state index is 12.6. The number of halogens is 1. The Balaban J connectivity index is 2.97. The molecule has 2 aromatic rings. The summed E-state index contributed by atoms with van der Waals surface area (Å²) in [7, 11) is 0. The van der Waals surface area contributed by atoms with Crippen molar-refractivity contribution in [3.8, 4) is 0 Å². The molecule has 1 aromatic heterocycles. The predicted octanol–water partition coefficient (Wildman–Crippen LogP) is 0.620. The van der Waals surface area contributed by atoms with Crippen LogP contribution in [0.15, 0.2) is 32.2 Å². The van der Waals surface area contributed by atoms with E-state index in [-0.39, 0.29) is 5.58 Å². The first-order valence-electron chi connectivity index (χ1n) is 3.49. The molecular weight excluding hydrogens is 177 g/mol. The van der Waals surface area contributed by atoms with Crippen LogP contribution in [-0.4, -0.2) is 4.98 Å². The van der Waals surface area contributed by atoms with Gasteiger partial charge in [0.25, 0.3) is 0 Å². The van der Waals surface area contributed by atoms with Crippen molar-refractivity contribution in [3.63, 3.8) is 0 Å². The van der Waals surface area contributed by atoms with Gasteiger partial charge in [0, 0.05) is 6.07 Å². The van der Waals surface area contributed by atoms with Crippen LogP contribution in [0.5, 0.6) is 0 Å². The lowest BCUT2D eigenvalue weighted by atomic mass is 10.3. The van der Waals surface area contributed by atoms with Crippen molar-refractivity contribution in [2.24, 2.45) is 0 Å². The molecule has 0 amide bonds. The minimum absolute atomic E-state index is 0.0320. The molecule has 0 aliphatic rings. The Kier molecular flexibility index (Phi) is 1.51. The van der Waals surface area contributed by atoms with Crippen molar-refractivity contribution in [2.75, 3.05) is 0 Å². The van der Waals surface area contributed by atoms with Gasteiger partial charge in [0.2, 0.25) is 0 Å². The van der Waals surface area contributed by atoms with Crippen LogP contribution in [0.1, 0.15) is 0 Å². The van der Waals surface area contributed by atoms with Gasteiger partial charge in [-0.2, -0.15) is 0 Å². The van der Waals surface area contributed by atoms with Crippen LogP contribution in [-0.2, 0) is 0 Å². The van der Waals surface area contributed by atoms with Crippen molar-refractivity contribution >= 4 is 11.1 Å². The lowest BCUT2D eigenvalue weighted by molar-refractivity contribution is 0.540. The van der Waals surface area contributed by atoms with Gasteiger partial charge < -0.3 is 9.40 Å². The fourth-order valence-corrected chi connectivity index (χ4v) is 1.00. The Morgan fingerprint density at radius 3 is 2.85 bits per heavy atom. The monoisotopic (exact) mass is 181 g/mol. The van der Waals surface area contributed by atoms with Crippen molar-refractivity contribution in [2.45, 2.75) is 0 Å². The van der Waals surface area contributed by atoms with Gasteiger partial charge in [-0.15, -0.1) is 0 Å². The minimum Gasteiger partial charge on any atom is -0.417 e. The third-order valence-corrected chi connectivity index (χ3v) is 1.58. The second kappa shape index (κ2) is 2.55. The SMILES string of the molecule is O=c1[nH]c2ccc(F)cc2oc1=O. The summed E-state index contributed by atoms with van der Waals surface area (Å²) in [5.41, 5.74) is -1.55. The maximum Gasteiger partial charge on any atom is 0.402 e. The number of fused-ring (bicyclic) bond motifs is 1. The van der Waals surface area contributed by atoms with Crippen LogP contribution in [0, 0.1) is 5.82 Å². The van der Waals surface area contributed by atoms with Gasteiger partial charge in [0.15, 0.2) is 5.58 Å². The number of H-pyrrole nitrogens is 1. The number of aromatic amines is 1. The molecule has 1 heterocycles. The first-order valence-corrected chi connectivity index (χ1v) is 3.49. The van der Waals surface area contributed by atoms with E-state index in [2.05, 4.69) is 9.40 Å². The van der Waals surface area contributed by atoms with Gasteiger partial charge in [-0.1, -0.05) is 0 Å². The first kappa shape index (κ1) is 7.72. The van der Waals surface area contributed by atoms with E-state index in [1.54, 1.807) is 0 Å². The molecule has 0 aliphatic carbocycles. The molecule has 0 aliphatic heterocycles. The molecule has 0 radical (unpaired) electrons. The van der Waals surface area contributed by atoms with Crippen LogP contribution in [0.4, 0.5) is 4.39 Å².